The molecular formula is C6H7ClN4OS. The molecule has 1 aromatic rings. The minimum atomic E-state index is -0.559. The van der Waals surface area contributed by atoms with E-state index in [0.717, 1.165) is 0 Å². The Morgan fingerprint density at radius 1 is 1.92 bits per heavy atom. The molecule has 1 heterocycles. The van der Waals surface area contributed by atoms with Crippen LogP contribution in [0.1, 0.15) is 0 Å². The molecule has 1 unspecified atom stereocenters. The zero-order valence-corrected chi connectivity index (χ0v) is 8.39. The van der Waals surface area contributed by atoms with E-state index in [9.17, 15) is 4.79 Å². The predicted molar refractivity (Wildman–Crippen MR) is 49.8 cm³/mol. The van der Waals surface area contributed by atoms with Gasteiger partial charge < -0.3 is 0 Å². The van der Waals surface area contributed by atoms with E-state index in [1.807, 2.05) is 6.07 Å². The van der Waals surface area contributed by atoms with E-state index in [1.54, 1.807) is 7.05 Å². The Bertz CT molecular complexity index is 379. The minimum Gasteiger partial charge on any atom is -0.273 e. The Morgan fingerprint density at radius 2 is 2.62 bits per heavy atom. The summed E-state index contributed by atoms with van der Waals surface area (Å²) in [6.07, 6.45) is 0. The summed E-state index contributed by atoms with van der Waals surface area (Å²) in [5, 5.41) is 14.4. The number of halogens is 1. The number of alkyl halides is 1. The number of hydrogen-bond acceptors (Lipinski definition) is 4. The fourth-order valence-corrected chi connectivity index (χ4v) is 1.59. The van der Waals surface area contributed by atoms with Crippen LogP contribution in [0.15, 0.2) is 9.95 Å². The molecule has 13 heavy (non-hydrogen) atoms. The van der Waals surface area contributed by atoms with Gasteiger partial charge in [0.25, 0.3) is 0 Å². The van der Waals surface area contributed by atoms with Crippen LogP contribution in [0.25, 0.3) is 0 Å². The number of rotatable bonds is 3. The largest absolute Gasteiger partial charge is 0.343 e. The van der Waals surface area contributed by atoms with Crippen molar-refractivity contribution in [2.24, 2.45) is 7.05 Å². The second kappa shape index (κ2) is 4.35. The highest BCUT2D eigenvalue weighted by Gasteiger charge is 2.08. The summed E-state index contributed by atoms with van der Waals surface area (Å²) < 4.78 is 1.37. The fraction of sp³-hybridized carbons (Fsp3) is 0.500. The maximum atomic E-state index is 10.9. The number of thioether (sulfide) groups is 1. The van der Waals surface area contributed by atoms with E-state index >= 15 is 0 Å². The highest BCUT2D eigenvalue weighted by atomic mass is 35.5. The molecule has 1 rings (SSSR count). The monoisotopic (exact) mass is 218 g/mol. The van der Waals surface area contributed by atoms with E-state index in [4.69, 9.17) is 16.9 Å². The third kappa shape index (κ3) is 2.50. The molecule has 1 N–H and O–H groups in total. The number of aromatic amines is 1. The molecule has 0 aliphatic rings. The molecule has 0 aliphatic carbocycles. The number of nitriles is 1. The van der Waals surface area contributed by atoms with E-state index in [2.05, 4.69) is 10.2 Å². The number of H-pyrrole nitrogens is 1. The molecule has 0 amide bonds. The third-order valence-electron chi connectivity index (χ3n) is 1.34. The Labute approximate surface area is 83.7 Å². The van der Waals surface area contributed by atoms with Crippen molar-refractivity contribution in [2.75, 3.05) is 5.75 Å². The van der Waals surface area contributed by atoms with E-state index in [0.29, 0.717) is 10.9 Å². The number of hydrogen-bond donors (Lipinski definition) is 1. The molecule has 7 heteroatoms. The van der Waals surface area contributed by atoms with Crippen molar-refractivity contribution in [1.82, 2.24) is 14.8 Å². The maximum absolute atomic E-state index is 10.9. The Balaban J connectivity index is 2.61. The van der Waals surface area contributed by atoms with Gasteiger partial charge in [-0.15, -0.1) is 16.7 Å². The van der Waals surface area contributed by atoms with Gasteiger partial charge in [0, 0.05) is 12.8 Å². The van der Waals surface area contributed by atoms with Crippen molar-refractivity contribution in [3.05, 3.63) is 10.5 Å². The molecule has 0 aromatic carbocycles. The van der Waals surface area contributed by atoms with Crippen LogP contribution in [0.5, 0.6) is 0 Å². The summed E-state index contributed by atoms with van der Waals surface area (Å²) in [4.78, 5) is 10.9. The lowest BCUT2D eigenvalue weighted by atomic mass is 10.5. The molecular weight excluding hydrogens is 212 g/mol. The fourth-order valence-electron chi connectivity index (χ4n) is 0.647. The van der Waals surface area contributed by atoms with Gasteiger partial charge in [-0.05, 0) is 0 Å². The van der Waals surface area contributed by atoms with Crippen LogP contribution in [0.3, 0.4) is 0 Å². The van der Waals surface area contributed by atoms with Crippen molar-refractivity contribution in [2.45, 2.75) is 10.5 Å². The number of nitrogens with zero attached hydrogens (tertiary/aromatic N) is 3. The standard InChI is InChI=1S/C6H7ClN4OS/c1-11-5(12)9-10-6(11)13-3-4(7)2-8/h4H,3H2,1H3,(H,9,12). The number of nitrogens with one attached hydrogen (secondary N) is 1. The molecule has 0 radical (unpaired) electrons. The molecule has 0 saturated carbocycles. The normalized spacial score (nSPS) is 12.4. The van der Waals surface area contributed by atoms with Crippen LogP contribution in [-0.4, -0.2) is 25.9 Å². The van der Waals surface area contributed by atoms with E-state index in [1.165, 1.54) is 16.3 Å². The second-order valence-corrected chi connectivity index (χ2v) is 3.79. The maximum Gasteiger partial charge on any atom is 0.343 e. The zero-order chi connectivity index (χ0) is 9.84. The van der Waals surface area contributed by atoms with Gasteiger partial charge in [-0.1, -0.05) is 11.8 Å². The molecule has 0 bridgehead atoms. The average molecular weight is 219 g/mol. The van der Waals surface area contributed by atoms with Gasteiger partial charge in [-0.2, -0.15) is 5.26 Å². The molecule has 0 saturated heterocycles. The Morgan fingerprint density at radius 3 is 3.08 bits per heavy atom. The smallest absolute Gasteiger partial charge is 0.273 e. The zero-order valence-electron chi connectivity index (χ0n) is 6.82. The molecule has 0 spiro atoms. The summed E-state index contributed by atoms with van der Waals surface area (Å²) in [7, 11) is 1.60. The van der Waals surface area contributed by atoms with Crippen molar-refractivity contribution in [3.8, 4) is 6.07 Å². The summed E-state index contributed by atoms with van der Waals surface area (Å²) in [5.41, 5.74) is -0.273. The summed E-state index contributed by atoms with van der Waals surface area (Å²) >= 11 is 6.83. The van der Waals surface area contributed by atoms with Gasteiger partial charge in [0.15, 0.2) is 5.16 Å². The molecule has 70 valence electrons. The van der Waals surface area contributed by atoms with Crippen molar-refractivity contribution >= 4 is 23.4 Å². The SMILES string of the molecule is Cn1c(SCC(Cl)C#N)n[nH]c1=O. The van der Waals surface area contributed by atoms with Crippen LogP contribution in [-0.2, 0) is 7.05 Å². The molecule has 0 fully saturated rings. The predicted octanol–water partition coefficient (Wildman–Crippen LogP) is 0.331. The lowest BCUT2D eigenvalue weighted by Crippen LogP contribution is -2.13. The Kier molecular flexibility index (Phi) is 3.39. The lowest BCUT2D eigenvalue weighted by Gasteiger charge is -1.98. The van der Waals surface area contributed by atoms with Gasteiger partial charge in [-0.25, -0.2) is 9.89 Å². The highest BCUT2D eigenvalue weighted by molar-refractivity contribution is 7.99. The van der Waals surface area contributed by atoms with Gasteiger partial charge in [0.05, 0.1) is 6.07 Å². The lowest BCUT2D eigenvalue weighted by molar-refractivity contribution is 0.766. The molecule has 0 aliphatic heterocycles. The van der Waals surface area contributed by atoms with Crippen LogP contribution < -0.4 is 5.69 Å². The molecule has 1 atom stereocenters. The van der Waals surface area contributed by atoms with Gasteiger partial charge in [0.2, 0.25) is 0 Å². The van der Waals surface area contributed by atoms with Crippen molar-refractivity contribution < 1.29 is 0 Å². The third-order valence-corrected chi connectivity index (χ3v) is 2.90. The quantitative estimate of drug-likeness (QED) is 0.586. The topological polar surface area (TPSA) is 74.5 Å². The minimum absolute atomic E-state index is 0.273. The first kappa shape index (κ1) is 10.2. The van der Waals surface area contributed by atoms with Crippen molar-refractivity contribution in [3.63, 3.8) is 0 Å². The summed E-state index contributed by atoms with van der Waals surface area (Å²) in [5.74, 6) is 0.413. The summed E-state index contributed by atoms with van der Waals surface area (Å²) in [6, 6.07) is 1.88. The van der Waals surface area contributed by atoms with E-state index in [-0.39, 0.29) is 5.69 Å². The molecule has 5 nitrogen and oxygen atoms in total. The van der Waals surface area contributed by atoms with Crippen LogP contribution in [0.4, 0.5) is 0 Å². The van der Waals surface area contributed by atoms with Gasteiger partial charge in [0.1, 0.15) is 5.38 Å². The first-order chi connectivity index (χ1) is 6.15. The Hall–Kier alpha value is -0.930. The number of aromatic nitrogens is 3. The van der Waals surface area contributed by atoms with Crippen molar-refractivity contribution in [1.29, 1.82) is 5.26 Å². The van der Waals surface area contributed by atoms with Gasteiger partial charge in [-0.3, -0.25) is 4.57 Å². The highest BCUT2D eigenvalue weighted by Crippen LogP contribution is 2.15. The van der Waals surface area contributed by atoms with Crippen LogP contribution in [0.2, 0.25) is 0 Å². The second-order valence-electron chi connectivity index (χ2n) is 2.28. The van der Waals surface area contributed by atoms with Crippen LogP contribution in [0, 0.1) is 11.3 Å². The first-order valence-corrected chi connectivity index (χ1v) is 4.85. The van der Waals surface area contributed by atoms with E-state index < -0.39 is 5.38 Å². The summed E-state index contributed by atoms with van der Waals surface area (Å²) in [6.45, 7) is 0. The molecule has 1 aromatic heterocycles. The van der Waals surface area contributed by atoms with Crippen LogP contribution >= 0.6 is 23.4 Å². The average Bonchev–Trinajstić information content (AvgIpc) is 2.44. The first-order valence-electron chi connectivity index (χ1n) is 3.43. The van der Waals surface area contributed by atoms with Gasteiger partial charge >= 0.3 is 5.69 Å².